The molecule has 1 radical (unpaired) electrons. The molecule has 0 saturated carbocycles. The normalized spacial score (nSPS) is 11.5. The summed E-state index contributed by atoms with van der Waals surface area (Å²) in [4.78, 5) is 0. The van der Waals surface area contributed by atoms with Crippen molar-refractivity contribution >= 4 is 7.12 Å². The Morgan fingerprint density at radius 3 is 0.930 bits per heavy atom. The van der Waals surface area contributed by atoms with Gasteiger partial charge in [-0.2, -0.15) is 0 Å². The van der Waals surface area contributed by atoms with Crippen LogP contribution in [0.2, 0.25) is 0 Å². The van der Waals surface area contributed by atoms with E-state index in [2.05, 4.69) is 146 Å². The molecule has 0 unspecified atom stereocenters. The van der Waals surface area contributed by atoms with Gasteiger partial charge in [-0.25, -0.2) is 15.3 Å². The van der Waals surface area contributed by atoms with Crippen LogP contribution >= 0.6 is 0 Å². The number of hydrogen-bond acceptors (Lipinski definition) is 3. The molecule has 0 N–H and O–H groups in total. The highest BCUT2D eigenvalue weighted by molar-refractivity contribution is 6.53. The second kappa shape index (κ2) is 11.9. The minimum absolute atomic E-state index is 0.380. The molecule has 0 spiro atoms. The largest absolute Gasteiger partial charge is 0.422 e. The Morgan fingerprint density at radius 1 is 0.419 bits per heavy atom. The number of nitrogens with zero attached hydrogens (tertiary/aromatic N) is 6. The van der Waals surface area contributed by atoms with Crippen LogP contribution in [-0.2, 0) is 19.3 Å². The Morgan fingerprint density at radius 2 is 0.674 bits per heavy atom. The van der Waals surface area contributed by atoms with Gasteiger partial charge in [0.2, 0.25) is 0 Å². The SMILES string of the molecule is Cc1nn([B-](n2nc(C)c(Cc3ccccc3)c2C)n2nc(C)c(Cc3ccccc3)c2C)c(C)c1Cc1ccccc1. The van der Waals surface area contributed by atoms with Gasteiger partial charge in [-0.15, -0.1) is 0 Å². The fourth-order valence-corrected chi connectivity index (χ4v) is 6.24. The van der Waals surface area contributed by atoms with E-state index in [1.165, 1.54) is 33.4 Å². The van der Waals surface area contributed by atoms with Crippen LogP contribution in [0.25, 0.3) is 0 Å². The van der Waals surface area contributed by atoms with E-state index in [1.54, 1.807) is 0 Å². The average molecular weight is 567 g/mol. The van der Waals surface area contributed by atoms with Crippen molar-refractivity contribution < 1.29 is 0 Å². The predicted octanol–water partition coefficient (Wildman–Crippen LogP) is 6.83. The number of benzene rings is 3. The second-order valence-corrected chi connectivity index (χ2v) is 11.6. The van der Waals surface area contributed by atoms with Crippen molar-refractivity contribution in [2.75, 3.05) is 0 Å². The molecule has 0 aliphatic heterocycles. The lowest BCUT2D eigenvalue weighted by Gasteiger charge is -2.34. The number of hydrogen-bond donors (Lipinski definition) is 0. The lowest BCUT2D eigenvalue weighted by Crippen LogP contribution is -2.46. The van der Waals surface area contributed by atoms with Crippen molar-refractivity contribution in [2.45, 2.75) is 60.8 Å². The van der Waals surface area contributed by atoms with Crippen LogP contribution in [0.5, 0.6) is 0 Å². The van der Waals surface area contributed by atoms with Gasteiger partial charge in [-0.1, -0.05) is 91.0 Å². The molecule has 3 aromatic carbocycles. The summed E-state index contributed by atoms with van der Waals surface area (Å²) in [5.41, 5.74) is 14.0. The van der Waals surface area contributed by atoms with Crippen LogP contribution in [0.3, 0.4) is 0 Å². The van der Waals surface area contributed by atoms with E-state index in [9.17, 15) is 0 Å². The molecule has 3 aromatic heterocycles. The molecule has 0 amide bonds. The molecular weight excluding hydrogens is 527 g/mol. The first-order chi connectivity index (χ1) is 20.8. The molecule has 0 bridgehead atoms. The Balaban J connectivity index is 1.50. The van der Waals surface area contributed by atoms with Crippen molar-refractivity contribution in [3.8, 4) is 0 Å². The van der Waals surface area contributed by atoms with E-state index in [0.29, 0.717) is 0 Å². The minimum Gasteiger partial charge on any atom is -0.422 e. The summed E-state index contributed by atoms with van der Waals surface area (Å²) in [6, 6.07) is 31.9. The topological polar surface area (TPSA) is 53.5 Å². The van der Waals surface area contributed by atoms with Crippen molar-refractivity contribution in [3.63, 3.8) is 0 Å². The first-order valence-corrected chi connectivity index (χ1v) is 15.1. The molecule has 0 saturated heterocycles. The third-order valence-corrected chi connectivity index (χ3v) is 8.75. The van der Waals surface area contributed by atoms with Gasteiger partial charge < -0.3 is 13.8 Å². The lowest BCUT2D eigenvalue weighted by molar-refractivity contribution is 0.729. The van der Waals surface area contributed by atoms with E-state index >= 15 is 0 Å². The molecular formula is C36H39BN6-. The van der Waals surface area contributed by atoms with Gasteiger partial charge in [0.05, 0.1) is 17.1 Å². The standard InChI is InChI=1S/C36H39BN6/c1-25-34(22-31-16-10-7-11-17-31)28(4)41(38-25)37(42-29(5)35(26(2)39-42)23-32-18-12-8-13-19-32)43-30(6)36(27(3)40-43)24-33-20-14-9-15-21-33/h7-21H,22-24H2,1-6H3/q-1. The number of rotatable bonds is 9. The fourth-order valence-electron chi connectivity index (χ4n) is 6.24. The van der Waals surface area contributed by atoms with Crippen LogP contribution < -0.4 is 0 Å². The van der Waals surface area contributed by atoms with Crippen LogP contribution in [0.1, 0.15) is 67.5 Å². The van der Waals surface area contributed by atoms with Crippen LogP contribution in [0.4, 0.5) is 0 Å². The van der Waals surface area contributed by atoms with Gasteiger partial charge in [0, 0.05) is 19.3 Å². The smallest absolute Gasteiger partial charge is 0.261 e. The molecule has 6 aromatic rings. The van der Waals surface area contributed by atoms with E-state index in [1.807, 2.05) is 0 Å². The molecule has 3 heterocycles. The van der Waals surface area contributed by atoms with Crippen molar-refractivity contribution in [3.05, 3.63) is 159 Å². The maximum atomic E-state index is 5.18. The second-order valence-electron chi connectivity index (χ2n) is 11.6. The van der Waals surface area contributed by atoms with Gasteiger partial charge in [0.25, 0.3) is 7.12 Å². The highest BCUT2D eigenvalue weighted by Crippen LogP contribution is 2.25. The van der Waals surface area contributed by atoms with E-state index in [4.69, 9.17) is 15.3 Å². The number of aryl methyl sites for hydroxylation is 3. The van der Waals surface area contributed by atoms with Crippen molar-refractivity contribution in [1.29, 1.82) is 0 Å². The van der Waals surface area contributed by atoms with Gasteiger partial charge in [-0.3, -0.25) is 0 Å². The molecule has 0 atom stereocenters. The summed E-state index contributed by atoms with van der Waals surface area (Å²) in [6.07, 6.45) is 2.49. The zero-order valence-corrected chi connectivity index (χ0v) is 26.0. The monoisotopic (exact) mass is 566 g/mol. The summed E-state index contributed by atoms with van der Waals surface area (Å²) in [6.45, 7) is 12.9. The number of aromatic nitrogens is 6. The minimum atomic E-state index is -0.380. The van der Waals surface area contributed by atoms with Crippen LogP contribution in [0.15, 0.2) is 91.0 Å². The van der Waals surface area contributed by atoms with Gasteiger partial charge >= 0.3 is 0 Å². The fraction of sp³-hybridized carbons (Fsp3) is 0.250. The first-order valence-electron chi connectivity index (χ1n) is 15.1. The van der Waals surface area contributed by atoms with Crippen molar-refractivity contribution in [1.82, 2.24) is 29.1 Å². The average Bonchev–Trinajstić information content (AvgIpc) is 3.57. The quantitative estimate of drug-likeness (QED) is 0.180. The molecule has 217 valence electrons. The van der Waals surface area contributed by atoms with E-state index in [-0.39, 0.29) is 7.12 Å². The first kappa shape index (κ1) is 28.5. The Kier molecular flexibility index (Phi) is 7.89. The zero-order valence-electron chi connectivity index (χ0n) is 26.0. The predicted molar refractivity (Wildman–Crippen MR) is 175 cm³/mol. The Hall–Kier alpha value is -4.65. The molecule has 7 heteroatoms. The Bertz CT molecular complexity index is 1630. The molecule has 6 nitrogen and oxygen atoms in total. The van der Waals surface area contributed by atoms with Crippen LogP contribution in [-0.4, -0.2) is 36.2 Å². The molecule has 43 heavy (non-hydrogen) atoms. The summed E-state index contributed by atoms with van der Waals surface area (Å²) in [7, 11) is -0.380. The Labute approximate surface area is 255 Å². The van der Waals surface area contributed by atoms with E-state index in [0.717, 1.165) is 53.4 Å². The van der Waals surface area contributed by atoms with Crippen LogP contribution in [0, 0.1) is 41.5 Å². The van der Waals surface area contributed by atoms with E-state index < -0.39 is 0 Å². The zero-order chi connectivity index (χ0) is 30.1. The molecule has 0 fully saturated rings. The summed E-state index contributed by atoms with van der Waals surface area (Å²) in [5, 5.41) is 15.5. The molecule has 0 aliphatic rings. The molecule has 6 rings (SSSR count). The lowest BCUT2D eigenvalue weighted by atomic mass is 9.91. The summed E-state index contributed by atoms with van der Waals surface area (Å²) in [5.74, 6) is 0. The maximum Gasteiger partial charge on any atom is 0.261 e. The summed E-state index contributed by atoms with van der Waals surface area (Å²) < 4.78 is 6.39. The summed E-state index contributed by atoms with van der Waals surface area (Å²) >= 11 is 0. The van der Waals surface area contributed by atoms with Crippen molar-refractivity contribution in [2.24, 2.45) is 0 Å². The molecule has 0 aliphatic carbocycles. The maximum absolute atomic E-state index is 5.18. The third-order valence-electron chi connectivity index (χ3n) is 8.75. The van der Waals surface area contributed by atoms with Gasteiger partial charge in [0.1, 0.15) is 0 Å². The highest BCUT2D eigenvalue weighted by atomic mass is 15.5. The van der Waals surface area contributed by atoms with Gasteiger partial charge in [0.15, 0.2) is 0 Å². The third kappa shape index (κ3) is 5.59. The van der Waals surface area contributed by atoms with Gasteiger partial charge in [-0.05, 0) is 92.0 Å². The highest BCUT2D eigenvalue weighted by Gasteiger charge is 2.23.